The number of rotatable bonds is 14. The molecule has 2 aromatic carbocycles. The Bertz CT molecular complexity index is 1160. The normalized spacial score (nSPS) is 10.1. The van der Waals surface area contributed by atoms with Crippen molar-refractivity contribution in [1.29, 1.82) is 0 Å². The number of primary amides is 1. The third kappa shape index (κ3) is 13.2. The molecule has 0 aliphatic heterocycles. The number of aryl methyl sites for hydroxylation is 1. The molecule has 220 valence electrons. The summed E-state index contributed by atoms with van der Waals surface area (Å²) in [5.41, 5.74) is 26.8. The minimum atomic E-state index is -0.381. The molecule has 0 aliphatic carbocycles. The van der Waals surface area contributed by atoms with Crippen LogP contribution in [0.2, 0.25) is 0 Å². The topological polar surface area (TPSA) is 194 Å². The standard InChI is InChI=1S/C17H18N4.C10H21N3O4.C2H6/c1-11-6-8-12(9-7-11)10-20-16-13-4-2-3-5-14(13)21-17(19)15(16)18;11-3-1-10(15)13-4-6-17-8-7-16-5-2-9(12)14;1-2/h2-9H,10,18H2,1H3,(H3,19,20,21);1-8,11H2,(H2,12,14)(H,13,15);1-2H3. The first-order chi connectivity index (χ1) is 19.3. The van der Waals surface area contributed by atoms with Gasteiger partial charge in [0, 0.05) is 37.9 Å². The van der Waals surface area contributed by atoms with Crippen LogP contribution < -0.4 is 33.6 Å². The van der Waals surface area contributed by atoms with Crippen LogP contribution in [0.3, 0.4) is 0 Å². The average Bonchev–Trinajstić information content (AvgIpc) is 2.95. The molecule has 10 N–H and O–H groups in total. The van der Waals surface area contributed by atoms with Crippen LogP contribution in [-0.2, 0) is 25.6 Å². The smallest absolute Gasteiger partial charge is 0.221 e. The van der Waals surface area contributed by atoms with Gasteiger partial charge in [-0.05, 0) is 18.6 Å². The number of amides is 2. The zero-order valence-electron chi connectivity index (χ0n) is 23.9. The van der Waals surface area contributed by atoms with Gasteiger partial charge >= 0.3 is 0 Å². The molecule has 3 rings (SSSR count). The molecule has 0 bridgehead atoms. The zero-order valence-corrected chi connectivity index (χ0v) is 23.9. The number of nitrogens with zero attached hydrogens (tertiary/aromatic N) is 1. The molecule has 0 saturated heterocycles. The molecule has 3 aromatic rings. The van der Waals surface area contributed by atoms with Gasteiger partial charge in [0.05, 0.1) is 43.3 Å². The quantitative estimate of drug-likeness (QED) is 0.162. The number of para-hydroxylation sites is 1. The summed E-state index contributed by atoms with van der Waals surface area (Å²) in [5, 5.41) is 7.02. The lowest BCUT2D eigenvalue weighted by Gasteiger charge is -2.14. The van der Waals surface area contributed by atoms with E-state index in [2.05, 4.69) is 46.8 Å². The van der Waals surface area contributed by atoms with Gasteiger partial charge in [-0.2, -0.15) is 0 Å². The SMILES string of the molecule is CC.Cc1ccc(CNc2c(N)c(N)nc3ccccc23)cc1.NCCC(=O)NCCOCCOCCC(N)=O. The Labute approximate surface area is 237 Å². The highest BCUT2D eigenvalue weighted by molar-refractivity contribution is 6.00. The number of nitrogens with one attached hydrogen (secondary N) is 2. The molecule has 1 aromatic heterocycles. The Morgan fingerprint density at radius 2 is 1.55 bits per heavy atom. The Hall–Kier alpha value is -3.93. The van der Waals surface area contributed by atoms with Gasteiger partial charge in [-0.1, -0.05) is 61.9 Å². The number of hydrogen-bond acceptors (Lipinski definition) is 9. The highest BCUT2D eigenvalue weighted by atomic mass is 16.5. The predicted octanol–water partition coefficient (Wildman–Crippen LogP) is 2.71. The number of ether oxygens (including phenoxy) is 2. The Kier molecular flexibility index (Phi) is 17.1. The van der Waals surface area contributed by atoms with Gasteiger partial charge < -0.3 is 43.0 Å². The summed E-state index contributed by atoms with van der Waals surface area (Å²) >= 11 is 0. The zero-order chi connectivity index (χ0) is 29.8. The molecule has 0 fully saturated rings. The van der Waals surface area contributed by atoms with Crippen molar-refractivity contribution in [2.24, 2.45) is 11.5 Å². The summed E-state index contributed by atoms with van der Waals surface area (Å²) in [6.45, 7) is 9.14. The van der Waals surface area contributed by atoms with Crippen molar-refractivity contribution in [2.45, 2.75) is 40.2 Å². The van der Waals surface area contributed by atoms with Crippen LogP contribution in [0.15, 0.2) is 48.5 Å². The number of carbonyl (C=O) groups excluding carboxylic acids is 2. The monoisotopic (exact) mass is 555 g/mol. The number of nitrogens with two attached hydrogens (primary N) is 4. The van der Waals surface area contributed by atoms with E-state index in [9.17, 15) is 9.59 Å². The van der Waals surface area contributed by atoms with E-state index in [-0.39, 0.29) is 18.2 Å². The van der Waals surface area contributed by atoms with Crippen molar-refractivity contribution >= 4 is 39.9 Å². The molecule has 40 heavy (non-hydrogen) atoms. The molecule has 1 heterocycles. The van der Waals surface area contributed by atoms with E-state index in [0.29, 0.717) is 64.0 Å². The molecule has 0 radical (unpaired) electrons. The maximum Gasteiger partial charge on any atom is 0.221 e. The summed E-state index contributed by atoms with van der Waals surface area (Å²) in [4.78, 5) is 25.6. The summed E-state index contributed by atoms with van der Waals surface area (Å²) in [5.74, 6) is -0.0950. The van der Waals surface area contributed by atoms with Crippen molar-refractivity contribution in [3.05, 3.63) is 59.7 Å². The number of carbonyl (C=O) groups is 2. The van der Waals surface area contributed by atoms with Crippen molar-refractivity contribution in [3.63, 3.8) is 0 Å². The summed E-state index contributed by atoms with van der Waals surface area (Å²) in [6, 6.07) is 16.2. The van der Waals surface area contributed by atoms with E-state index < -0.39 is 0 Å². The Morgan fingerprint density at radius 1 is 0.900 bits per heavy atom. The van der Waals surface area contributed by atoms with E-state index >= 15 is 0 Å². The molecular weight excluding hydrogens is 510 g/mol. The highest BCUT2D eigenvalue weighted by Gasteiger charge is 2.10. The number of nitrogen functional groups attached to an aromatic ring is 2. The van der Waals surface area contributed by atoms with Gasteiger partial charge in [-0.15, -0.1) is 0 Å². The maximum atomic E-state index is 11.0. The van der Waals surface area contributed by atoms with Gasteiger partial charge in [0.1, 0.15) is 5.82 Å². The molecule has 0 saturated carbocycles. The second kappa shape index (κ2) is 20.0. The van der Waals surface area contributed by atoms with Crippen molar-refractivity contribution < 1.29 is 19.1 Å². The molecule has 11 nitrogen and oxygen atoms in total. The van der Waals surface area contributed by atoms with E-state index in [1.165, 1.54) is 11.1 Å². The lowest BCUT2D eigenvalue weighted by Crippen LogP contribution is -2.29. The van der Waals surface area contributed by atoms with Crippen molar-refractivity contribution in [1.82, 2.24) is 10.3 Å². The van der Waals surface area contributed by atoms with Gasteiger partial charge in [-0.3, -0.25) is 9.59 Å². The fourth-order valence-corrected chi connectivity index (χ4v) is 3.31. The maximum absolute atomic E-state index is 11.0. The first-order valence-electron chi connectivity index (χ1n) is 13.5. The highest BCUT2D eigenvalue weighted by Crippen LogP contribution is 2.32. The van der Waals surface area contributed by atoms with Crippen LogP contribution in [0.25, 0.3) is 10.9 Å². The van der Waals surface area contributed by atoms with Crippen LogP contribution in [0.5, 0.6) is 0 Å². The third-order valence-corrected chi connectivity index (χ3v) is 5.35. The number of aromatic nitrogens is 1. The molecule has 0 unspecified atom stereocenters. The van der Waals surface area contributed by atoms with E-state index in [4.69, 9.17) is 32.4 Å². The molecule has 0 aliphatic rings. The van der Waals surface area contributed by atoms with Gasteiger partial charge in [0.25, 0.3) is 0 Å². The fraction of sp³-hybridized carbons (Fsp3) is 0.414. The van der Waals surface area contributed by atoms with Gasteiger partial charge in [-0.25, -0.2) is 4.98 Å². The van der Waals surface area contributed by atoms with Crippen molar-refractivity contribution in [2.75, 3.05) is 56.3 Å². The Balaban J connectivity index is 0.000000386. The Morgan fingerprint density at radius 3 is 2.20 bits per heavy atom. The van der Waals surface area contributed by atoms with E-state index in [1.54, 1.807) is 0 Å². The number of pyridine rings is 1. The van der Waals surface area contributed by atoms with E-state index in [0.717, 1.165) is 16.6 Å². The van der Waals surface area contributed by atoms with Crippen LogP contribution in [0.4, 0.5) is 17.2 Å². The first kappa shape index (κ1) is 34.1. The van der Waals surface area contributed by atoms with Gasteiger partial charge in [0.15, 0.2) is 0 Å². The minimum absolute atomic E-state index is 0.0752. The largest absolute Gasteiger partial charge is 0.394 e. The van der Waals surface area contributed by atoms with Crippen LogP contribution in [-0.4, -0.2) is 56.3 Å². The second-order valence-electron chi connectivity index (χ2n) is 8.47. The van der Waals surface area contributed by atoms with E-state index in [1.807, 2.05) is 38.1 Å². The number of hydrogen-bond donors (Lipinski definition) is 6. The van der Waals surface area contributed by atoms with Crippen LogP contribution in [0.1, 0.15) is 37.8 Å². The number of anilines is 3. The summed E-state index contributed by atoms with van der Waals surface area (Å²) in [6.07, 6.45) is 0.547. The molecule has 11 heteroatoms. The second-order valence-corrected chi connectivity index (χ2v) is 8.47. The first-order valence-corrected chi connectivity index (χ1v) is 13.5. The van der Waals surface area contributed by atoms with Crippen LogP contribution >= 0.6 is 0 Å². The lowest BCUT2D eigenvalue weighted by molar-refractivity contribution is -0.121. The number of fused-ring (bicyclic) bond motifs is 1. The number of benzene rings is 2. The minimum Gasteiger partial charge on any atom is -0.394 e. The average molecular weight is 556 g/mol. The predicted molar refractivity (Wildman–Crippen MR) is 163 cm³/mol. The van der Waals surface area contributed by atoms with Gasteiger partial charge in [0.2, 0.25) is 11.8 Å². The molecule has 2 amide bonds. The third-order valence-electron chi connectivity index (χ3n) is 5.35. The molecular formula is C29H45N7O4. The molecule has 0 atom stereocenters. The van der Waals surface area contributed by atoms with Crippen molar-refractivity contribution in [3.8, 4) is 0 Å². The lowest BCUT2D eigenvalue weighted by atomic mass is 10.1. The fourth-order valence-electron chi connectivity index (χ4n) is 3.31. The molecule has 0 spiro atoms. The summed E-state index contributed by atoms with van der Waals surface area (Å²) < 4.78 is 10.3. The summed E-state index contributed by atoms with van der Waals surface area (Å²) in [7, 11) is 0. The van der Waals surface area contributed by atoms with Crippen LogP contribution in [0, 0.1) is 6.92 Å².